The molecule has 0 bridgehead atoms. The van der Waals surface area contributed by atoms with Gasteiger partial charge in [0.25, 0.3) is 0 Å². The highest BCUT2D eigenvalue weighted by Gasteiger charge is 2.59. The zero-order chi connectivity index (χ0) is 15.3. The van der Waals surface area contributed by atoms with Crippen molar-refractivity contribution in [3.63, 3.8) is 0 Å². The van der Waals surface area contributed by atoms with Crippen LogP contribution >= 0.6 is 11.6 Å². The van der Waals surface area contributed by atoms with Crippen molar-refractivity contribution in [2.45, 2.75) is 24.5 Å². The molecular formula is C14H17ClN2O3S. The molecule has 21 heavy (non-hydrogen) atoms. The second-order valence-electron chi connectivity index (χ2n) is 5.81. The van der Waals surface area contributed by atoms with E-state index in [1.807, 2.05) is 12.1 Å². The molecule has 1 aliphatic carbocycles. The molecule has 3 rings (SSSR count). The van der Waals surface area contributed by atoms with E-state index in [9.17, 15) is 13.2 Å². The van der Waals surface area contributed by atoms with Crippen LogP contribution in [0.15, 0.2) is 24.3 Å². The van der Waals surface area contributed by atoms with E-state index in [1.54, 1.807) is 17.0 Å². The van der Waals surface area contributed by atoms with Gasteiger partial charge >= 0.3 is 0 Å². The topological polar surface area (TPSA) is 66.5 Å². The molecule has 114 valence electrons. The molecule has 1 amide bonds. The van der Waals surface area contributed by atoms with Crippen LogP contribution in [0.4, 0.5) is 0 Å². The predicted molar refractivity (Wildman–Crippen MR) is 80.7 cm³/mol. The van der Waals surface area contributed by atoms with Gasteiger partial charge < -0.3 is 4.90 Å². The molecule has 1 aromatic carbocycles. The lowest BCUT2D eigenvalue weighted by molar-refractivity contribution is -0.130. The summed E-state index contributed by atoms with van der Waals surface area (Å²) >= 11 is 5.89. The van der Waals surface area contributed by atoms with Crippen molar-refractivity contribution in [2.75, 3.05) is 18.6 Å². The second kappa shape index (κ2) is 4.97. The summed E-state index contributed by atoms with van der Waals surface area (Å²) in [4.78, 5) is 14.1. The minimum Gasteiger partial charge on any atom is -0.320 e. The standard InChI is InChI=1S/C14H17ClN2O3S/c1-21(19,20)9-8-17-12(10-2-4-11(15)5-3-10)16-14(6-7-14)13(17)18/h2-5,12,16H,6-9H2,1H3. The Bertz CT molecular complexity index is 668. The fourth-order valence-corrected chi connectivity index (χ4v) is 3.33. The maximum atomic E-state index is 12.5. The summed E-state index contributed by atoms with van der Waals surface area (Å²) < 4.78 is 22.8. The number of sulfone groups is 1. The highest BCUT2D eigenvalue weighted by atomic mass is 35.5. The fraction of sp³-hybridized carbons (Fsp3) is 0.500. The Kier molecular flexibility index (Phi) is 3.50. The molecule has 7 heteroatoms. The quantitative estimate of drug-likeness (QED) is 0.906. The first kappa shape index (κ1) is 14.8. The third-order valence-corrected chi connectivity index (χ3v) is 5.21. The Morgan fingerprint density at radius 2 is 1.95 bits per heavy atom. The van der Waals surface area contributed by atoms with E-state index in [-0.39, 0.29) is 24.4 Å². The number of hydrogen-bond donors (Lipinski definition) is 1. The summed E-state index contributed by atoms with van der Waals surface area (Å²) in [6.07, 6.45) is 2.53. The van der Waals surface area contributed by atoms with Crippen molar-refractivity contribution in [3.8, 4) is 0 Å². The minimum absolute atomic E-state index is 0.00565. The first-order chi connectivity index (χ1) is 9.81. The maximum Gasteiger partial charge on any atom is 0.244 e. The van der Waals surface area contributed by atoms with E-state index in [1.165, 1.54) is 6.26 Å². The van der Waals surface area contributed by atoms with Crippen LogP contribution in [-0.2, 0) is 14.6 Å². The Morgan fingerprint density at radius 1 is 1.33 bits per heavy atom. The summed E-state index contributed by atoms with van der Waals surface area (Å²) in [5.41, 5.74) is 0.451. The molecule has 2 aliphatic rings. The van der Waals surface area contributed by atoms with Crippen molar-refractivity contribution in [1.29, 1.82) is 0 Å². The lowest BCUT2D eigenvalue weighted by Gasteiger charge is -2.24. The first-order valence-corrected chi connectivity index (χ1v) is 9.27. The molecule has 1 aromatic rings. The van der Waals surface area contributed by atoms with Crippen LogP contribution < -0.4 is 5.32 Å². The van der Waals surface area contributed by atoms with Gasteiger partial charge in [-0.3, -0.25) is 10.1 Å². The number of hydrogen-bond acceptors (Lipinski definition) is 4. The minimum atomic E-state index is -3.11. The number of rotatable bonds is 4. The van der Waals surface area contributed by atoms with Gasteiger partial charge in [-0.2, -0.15) is 0 Å². The Labute approximate surface area is 129 Å². The molecule has 1 atom stereocenters. The van der Waals surface area contributed by atoms with E-state index >= 15 is 0 Å². The number of benzene rings is 1. The molecular weight excluding hydrogens is 312 g/mol. The van der Waals surface area contributed by atoms with Crippen LogP contribution in [0.2, 0.25) is 5.02 Å². The van der Waals surface area contributed by atoms with Gasteiger partial charge in [-0.15, -0.1) is 0 Å². The van der Waals surface area contributed by atoms with Gasteiger partial charge in [0.1, 0.15) is 21.5 Å². The molecule has 1 saturated heterocycles. The van der Waals surface area contributed by atoms with E-state index in [4.69, 9.17) is 11.6 Å². The average molecular weight is 329 g/mol. The number of halogens is 1. The summed E-state index contributed by atoms with van der Waals surface area (Å²) in [7, 11) is -3.11. The molecule has 1 unspecified atom stereocenters. The van der Waals surface area contributed by atoms with Gasteiger partial charge in [-0.05, 0) is 30.5 Å². The van der Waals surface area contributed by atoms with Crippen molar-refractivity contribution in [3.05, 3.63) is 34.9 Å². The van der Waals surface area contributed by atoms with Gasteiger partial charge in [-0.25, -0.2) is 8.42 Å². The molecule has 2 fully saturated rings. The molecule has 1 N–H and O–H groups in total. The van der Waals surface area contributed by atoms with E-state index in [0.717, 1.165) is 18.4 Å². The fourth-order valence-electron chi connectivity index (χ4n) is 2.68. The highest BCUT2D eigenvalue weighted by Crippen LogP contribution is 2.45. The van der Waals surface area contributed by atoms with Crippen LogP contribution in [0.3, 0.4) is 0 Å². The highest BCUT2D eigenvalue weighted by molar-refractivity contribution is 7.90. The number of carbonyl (C=O) groups excluding carboxylic acids is 1. The van der Waals surface area contributed by atoms with Crippen molar-refractivity contribution >= 4 is 27.3 Å². The molecule has 5 nitrogen and oxygen atoms in total. The average Bonchev–Trinajstić information content (AvgIpc) is 3.12. The number of amides is 1. The lowest BCUT2D eigenvalue weighted by Crippen LogP contribution is -2.35. The molecule has 1 spiro atoms. The summed E-state index contributed by atoms with van der Waals surface area (Å²) in [5, 5.41) is 3.98. The van der Waals surface area contributed by atoms with Crippen LogP contribution in [-0.4, -0.2) is 43.3 Å². The SMILES string of the molecule is CS(=O)(=O)CCN1C(=O)C2(CC2)NC1c1ccc(Cl)cc1. The van der Waals surface area contributed by atoms with Gasteiger partial charge in [-0.1, -0.05) is 23.7 Å². The molecule has 1 saturated carbocycles. The predicted octanol–water partition coefficient (Wildman–Crippen LogP) is 1.35. The molecule has 0 aromatic heterocycles. The van der Waals surface area contributed by atoms with Gasteiger partial charge in [0, 0.05) is 17.8 Å². The van der Waals surface area contributed by atoms with Crippen molar-refractivity contribution in [2.24, 2.45) is 0 Å². The largest absolute Gasteiger partial charge is 0.320 e. The second-order valence-corrected chi connectivity index (χ2v) is 8.51. The van der Waals surface area contributed by atoms with Crippen molar-refractivity contribution in [1.82, 2.24) is 10.2 Å². The lowest BCUT2D eigenvalue weighted by atomic mass is 10.1. The first-order valence-electron chi connectivity index (χ1n) is 6.83. The maximum absolute atomic E-state index is 12.5. The molecule has 1 heterocycles. The summed E-state index contributed by atoms with van der Waals surface area (Å²) in [6.45, 7) is 0.208. The zero-order valence-electron chi connectivity index (χ0n) is 11.7. The summed E-state index contributed by atoms with van der Waals surface area (Å²) in [5.74, 6) is -0.0215. The zero-order valence-corrected chi connectivity index (χ0v) is 13.2. The van der Waals surface area contributed by atoms with Crippen LogP contribution in [0, 0.1) is 0 Å². The number of nitrogens with zero attached hydrogens (tertiary/aromatic N) is 1. The van der Waals surface area contributed by atoms with Gasteiger partial charge in [0.15, 0.2) is 0 Å². The van der Waals surface area contributed by atoms with Crippen LogP contribution in [0.1, 0.15) is 24.6 Å². The number of carbonyl (C=O) groups is 1. The Hall–Kier alpha value is -1.11. The Morgan fingerprint density at radius 3 is 2.48 bits per heavy atom. The monoisotopic (exact) mass is 328 g/mol. The number of nitrogens with one attached hydrogen (secondary N) is 1. The van der Waals surface area contributed by atoms with Crippen LogP contribution in [0.25, 0.3) is 0 Å². The molecule has 0 radical (unpaired) electrons. The normalized spacial score (nSPS) is 23.8. The van der Waals surface area contributed by atoms with Crippen LogP contribution in [0.5, 0.6) is 0 Å². The van der Waals surface area contributed by atoms with Gasteiger partial charge in [0.2, 0.25) is 5.91 Å². The van der Waals surface area contributed by atoms with Gasteiger partial charge in [0.05, 0.1) is 5.75 Å². The third-order valence-electron chi connectivity index (χ3n) is 4.03. The third kappa shape index (κ3) is 2.93. The summed E-state index contributed by atoms with van der Waals surface area (Å²) in [6, 6.07) is 7.27. The Balaban J connectivity index is 1.86. The van der Waals surface area contributed by atoms with Crippen molar-refractivity contribution < 1.29 is 13.2 Å². The smallest absolute Gasteiger partial charge is 0.244 e. The van der Waals surface area contributed by atoms with E-state index < -0.39 is 15.4 Å². The van der Waals surface area contributed by atoms with E-state index in [0.29, 0.717) is 5.02 Å². The molecule has 1 aliphatic heterocycles. The van der Waals surface area contributed by atoms with E-state index in [2.05, 4.69) is 5.32 Å².